The molecule has 0 aliphatic heterocycles. The van der Waals surface area contributed by atoms with Gasteiger partial charge in [-0.2, -0.15) is 0 Å². The number of rotatable bonds is 9. The third-order valence-corrected chi connectivity index (χ3v) is 3.54. The standard InChI is InChI=1S/C15H32N2/c1-12(2)8-9-17(15-6-7-15)14(5)11-16-10-13(3)4/h12-16H,6-11H2,1-5H3. The van der Waals surface area contributed by atoms with Crippen molar-refractivity contribution in [3.05, 3.63) is 0 Å². The maximum atomic E-state index is 3.59. The highest BCUT2D eigenvalue weighted by molar-refractivity contribution is 4.88. The summed E-state index contributed by atoms with van der Waals surface area (Å²) in [4.78, 5) is 2.73. The van der Waals surface area contributed by atoms with Crippen LogP contribution in [-0.2, 0) is 0 Å². The van der Waals surface area contributed by atoms with Crippen LogP contribution in [0.1, 0.15) is 53.9 Å². The molecule has 17 heavy (non-hydrogen) atoms. The van der Waals surface area contributed by atoms with Crippen LogP contribution in [0.5, 0.6) is 0 Å². The highest BCUT2D eigenvalue weighted by atomic mass is 15.2. The number of hydrogen-bond acceptors (Lipinski definition) is 2. The molecule has 1 aliphatic carbocycles. The zero-order valence-electron chi connectivity index (χ0n) is 12.5. The smallest absolute Gasteiger partial charge is 0.0195 e. The lowest BCUT2D eigenvalue weighted by Gasteiger charge is -2.30. The van der Waals surface area contributed by atoms with Crippen molar-refractivity contribution in [2.45, 2.75) is 66.0 Å². The number of hydrogen-bond donors (Lipinski definition) is 1. The summed E-state index contributed by atoms with van der Waals surface area (Å²) in [6.45, 7) is 15.2. The lowest BCUT2D eigenvalue weighted by atomic mass is 10.1. The van der Waals surface area contributed by atoms with E-state index in [1.54, 1.807) is 0 Å². The third-order valence-electron chi connectivity index (χ3n) is 3.54. The fourth-order valence-corrected chi connectivity index (χ4v) is 2.27. The molecule has 1 aliphatic rings. The second-order valence-electron chi connectivity index (χ2n) is 6.55. The van der Waals surface area contributed by atoms with Gasteiger partial charge in [-0.25, -0.2) is 0 Å². The largest absolute Gasteiger partial charge is 0.315 e. The van der Waals surface area contributed by atoms with Crippen molar-refractivity contribution >= 4 is 0 Å². The highest BCUT2D eigenvalue weighted by Gasteiger charge is 2.31. The summed E-state index contributed by atoms with van der Waals surface area (Å²) >= 11 is 0. The van der Waals surface area contributed by atoms with Crippen molar-refractivity contribution < 1.29 is 0 Å². The molecule has 0 heterocycles. The minimum atomic E-state index is 0.694. The second kappa shape index (κ2) is 7.38. The third kappa shape index (κ3) is 6.42. The zero-order chi connectivity index (χ0) is 12.8. The van der Waals surface area contributed by atoms with Crippen molar-refractivity contribution in [1.82, 2.24) is 10.2 Å². The molecule has 2 heteroatoms. The molecule has 102 valence electrons. The van der Waals surface area contributed by atoms with E-state index in [0.29, 0.717) is 6.04 Å². The molecule has 0 saturated heterocycles. The monoisotopic (exact) mass is 240 g/mol. The van der Waals surface area contributed by atoms with E-state index in [-0.39, 0.29) is 0 Å². The SMILES string of the molecule is CC(C)CCN(C(C)CNCC(C)C)C1CC1. The Bertz CT molecular complexity index is 197. The van der Waals surface area contributed by atoms with E-state index in [2.05, 4.69) is 44.8 Å². The lowest BCUT2D eigenvalue weighted by molar-refractivity contribution is 0.183. The summed E-state index contributed by atoms with van der Waals surface area (Å²) in [7, 11) is 0. The Morgan fingerprint density at radius 1 is 1.00 bits per heavy atom. The van der Waals surface area contributed by atoms with E-state index in [4.69, 9.17) is 0 Å². The van der Waals surface area contributed by atoms with Crippen molar-refractivity contribution in [3.63, 3.8) is 0 Å². The van der Waals surface area contributed by atoms with Gasteiger partial charge < -0.3 is 5.32 Å². The fraction of sp³-hybridized carbons (Fsp3) is 1.00. The van der Waals surface area contributed by atoms with E-state index < -0.39 is 0 Å². The van der Waals surface area contributed by atoms with Crippen LogP contribution in [0.25, 0.3) is 0 Å². The van der Waals surface area contributed by atoms with Gasteiger partial charge in [-0.15, -0.1) is 0 Å². The van der Waals surface area contributed by atoms with Gasteiger partial charge in [0.1, 0.15) is 0 Å². The van der Waals surface area contributed by atoms with E-state index in [1.165, 1.54) is 25.8 Å². The van der Waals surface area contributed by atoms with Crippen LogP contribution in [0.2, 0.25) is 0 Å². The predicted molar refractivity (Wildman–Crippen MR) is 76.4 cm³/mol. The molecular formula is C15H32N2. The van der Waals surface area contributed by atoms with Gasteiger partial charge in [0.05, 0.1) is 0 Å². The van der Waals surface area contributed by atoms with Crippen molar-refractivity contribution in [1.29, 1.82) is 0 Å². The first kappa shape index (κ1) is 15.0. The molecular weight excluding hydrogens is 208 g/mol. The number of nitrogens with zero attached hydrogens (tertiary/aromatic N) is 1. The minimum Gasteiger partial charge on any atom is -0.315 e. The van der Waals surface area contributed by atoms with Gasteiger partial charge in [0, 0.05) is 18.6 Å². The normalized spacial score (nSPS) is 18.4. The molecule has 0 spiro atoms. The summed E-state index contributed by atoms with van der Waals surface area (Å²) in [6, 6.07) is 1.59. The zero-order valence-corrected chi connectivity index (χ0v) is 12.5. The van der Waals surface area contributed by atoms with Crippen molar-refractivity contribution in [2.75, 3.05) is 19.6 Å². The Morgan fingerprint density at radius 2 is 1.65 bits per heavy atom. The maximum absolute atomic E-state index is 3.59. The van der Waals surface area contributed by atoms with E-state index in [0.717, 1.165) is 31.0 Å². The Morgan fingerprint density at radius 3 is 2.12 bits per heavy atom. The van der Waals surface area contributed by atoms with Crippen molar-refractivity contribution in [3.8, 4) is 0 Å². The molecule has 1 unspecified atom stereocenters. The Hall–Kier alpha value is -0.0800. The van der Waals surface area contributed by atoms with Gasteiger partial charge >= 0.3 is 0 Å². The van der Waals surface area contributed by atoms with E-state index >= 15 is 0 Å². The van der Waals surface area contributed by atoms with Gasteiger partial charge in [-0.05, 0) is 51.1 Å². The molecule has 0 amide bonds. The molecule has 0 aromatic carbocycles. The fourth-order valence-electron chi connectivity index (χ4n) is 2.27. The van der Waals surface area contributed by atoms with Gasteiger partial charge in [0.2, 0.25) is 0 Å². The molecule has 1 atom stereocenters. The second-order valence-corrected chi connectivity index (χ2v) is 6.55. The first-order chi connectivity index (χ1) is 8.00. The Kier molecular flexibility index (Phi) is 6.50. The average Bonchev–Trinajstić information content (AvgIpc) is 3.01. The van der Waals surface area contributed by atoms with Gasteiger partial charge in [-0.3, -0.25) is 4.90 Å². The molecule has 1 fully saturated rings. The van der Waals surface area contributed by atoms with Crippen LogP contribution in [-0.4, -0.2) is 36.6 Å². The van der Waals surface area contributed by atoms with Crippen LogP contribution >= 0.6 is 0 Å². The maximum Gasteiger partial charge on any atom is 0.0195 e. The molecule has 0 radical (unpaired) electrons. The quantitative estimate of drug-likeness (QED) is 0.666. The molecule has 0 aromatic heterocycles. The summed E-state index contributed by atoms with van der Waals surface area (Å²) in [5.74, 6) is 1.58. The Balaban J connectivity index is 2.25. The van der Waals surface area contributed by atoms with Crippen LogP contribution in [0.15, 0.2) is 0 Å². The summed E-state index contributed by atoms with van der Waals surface area (Å²) in [5.41, 5.74) is 0. The number of nitrogens with one attached hydrogen (secondary N) is 1. The lowest BCUT2D eigenvalue weighted by Crippen LogP contribution is -2.43. The van der Waals surface area contributed by atoms with Crippen molar-refractivity contribution in [2.24, 2.45) is 11.8 Å². The predicted octanol–water partition coefficient (Wildman–Crippen LogP) is 3.13. The van der Waals surface area contributed by atoms with Gasteiger partial charge in [0.15, 0.2) is 0 Å². The topological polar surface area (TPSA) is 15.3 Å². The first-order valence-electron chi connectivity index (χ1n) is 7.47. The molecule has 0 bridgehead atoms. The summed E-state index contributed by atoms with van der Waals surface area (Å²) < 4.78 is 0. The molecule has 2 nitrogen and oxygen atoms in total. The van der Waals surface area contributed by atoms with Crippen LogP contribution in [0.4, 0.5) is 0 Å². The molecule has 1 N–H and O–H groups in total. The van der Waals surface area contributed by atoms with Crippen LogP contribution in [0, 0.1) is 11.8 Å². The first-order valence-corrected chi connectivity index (χ1v) is 7.47. The average molecular weight is 240 g/mol. The highest BCUT2D eigenvalue weighted by Crippen LogP contribution is 2.29. The summed E-state index contributed by atoms with van der Waals surface area (Å²) in [6.07, 6.45) is 4.18. The molecule has 1 saturated carbocycles. The molecule has 0 aromatic rings. The van der Waals surface area contributed by atoms with Crippen LogP contribution < -0.4 is 5.32 Å². The Labute approximate surface area is 108 Å². The van der Waals surface area contributed by atoms with Gasteiger partial charge in [0.25, 0.3) is 0 Å². The van der Waals surface area contributed by atoms with Crippen LogP contribution in [0.3, 0.4) is 0 Å². The van der Waals surface area contributed by atoms with E-state index in [9.17, 15) is 0 Å². The molecule has 1 rings (SSSR count). The minimum absolute atomic E-state index is 0.694. The van der Waals surface area contributed by atoms with E-state index in [1.807, 2.05) is 0 Å². The van der Waals surface area contributed by atoms with Gasteiger partial charge in [-0.1, -0.05) is 27.7 Å². The summed E-state index contributed by atoms with van der Waals surface area (Å²) in [5, 5.41) is 3.59.